The van der Waals surface area contributed by atoms with Crippen LogP contribution in [0.2, 0.25) is 10.0 Å². The number of carbonyl (C=O) groups excluding carboxylic acids is 1. The molecule has 3 aromatic rings. The third-order valence-electron chi connectivity index (χ3n) is 4.13. The van der Waals surface area contributed by atoms with E-state index in [-0.39, 0.29) is 23.0 Å². The van der Waals surface area contributed by atoms with E-state index in [1.165, 1.54) is 12.1 Å². The van der Waals surface area contributed by atoms with E-state index in [0.29, 0.717) is 10.7 Å². The Kier molecular flexibility index (Phi) is 6.92. The zero-order valence-corrected chi connectivity index (χ0v) is 17.6. The molecule has 0 saturated heterocycles. The largest absolute Gasteiger partial charge is 0.324 e. The van der Waals surface area contributed by atoms with Crippen LogP contribution in [0.4, 0.5) is 5.69 Å². The molecular formula is C21H18Cl2N2O3S. The number of hydrogen-bond donors (Lipinski definition) is 1. The number of amides is 1. The van der Waals surface area contributed by atoms with Crippen LogP contribution < -0.4 is 5.32 Å². The lowest BCUT2D eigenvalue weighted by molar-refractivity contribution is -0.116. The van der Waals surface area contributed by atoms with Crippen molar-refractivity contribution >= 4 is 44.8 Å². The number of rotatable bonds is 7. The molecular weight excluding hydrogens is 431 g/mol. The Morgan fingerprint density at radius 2 is 1.48 bits per heavy atom. The summed E-state index contributed by atoms with van der Waals surface area (Å²) < 4.78 is 27.4. The van der Waals surface area contributed by atoms with Crippen molar-refractivity contribution in [2.24, 2.45) is 0 Å². The van der Waals surface area contributed by atoms with Gasteiger partial charge in [0, 0.05) is 6.54 Å². The molecule has 150 valence electrons. The number of carbonyl (C=O) groups is 1. The van der Waals surface area contributed by atoms with E-state index in [2.05, 4.69) is 5.32 Å². The number of anilines is 1. The van der Waals surface area contributed by atoms with E-state index in [4.69, 9.17) is 23.2 Å². The zero-order chi connectivity index (χ0) is 20.9. The van der Waals surface area contributed by atoms with E-state index in [1.807, 2.05) is 18.2 Å². The van der Waals surface area contributed by atoms with E-state index in [9.17, 15) is 13.2 Å². The van der Waals surface area contributed by atoms with Gasteiger partial charge in [-0.05, 0) is 29.8 Å². The molecule has 29 heavy (non-hydrogen) atoms. The van der Waals surface area contributed by atoms with Gasteiger partial charge in [-0.25, -0.2) is 8.42 Å². The first-order valence-electron chi connectivity index (χ1n) is 8.71. The summed E-state index contributed by atoms with van der Waals surface area (Å²) in [6.45, 7) is -0.330. The molecule has 0 aromatic heterocycles. The number of halogens is 2. The van der Waals surface area contributed by atoms with Crippen LogP contribution in [0.1, 0.15) is 5.56 Å². The third kappa shape index (κ3) is 5.36. The lowest BCUT2D eigenvalue weighted by Crippen LogP contribution is -2.37. The number of nitrogens with one attached hydrogen (secondary N) is 1. The van der Waals surface area contributed by atoms with Crippen molar-refractivity contribution in [1.29, 1.82) is 0 Å². The Balaban J connectivity index is 1.87. The summed E-state index contributed by atoms with van der Waals surface area (Å²) in [5, 5.41) is 3.12. The molecule has 0 aliphatic rings. The molecule has 1 N–H and O–H groups in total. The minimum Gasteiger partial charge on any atom is -0.324 e. The van der Waals surface area contributed by atoms with Crippen molar-refractivity contribution < 1.29 is 13.2 Å². The molecule has 0 unspecified atom stereocenters. The SMILES string of the molecule is O=C(CN(Cc1ccccc1)S(=O)(=O)c1ccccc1)Nc1cccc(Cl)c1Cl. The Hall–Kier alpha value is -2.38. The highest BCUT2D eigenvalue weighted by atomic mass is 35.5. The Morgan fingerprint density at radius 3 is 2.14 bits per heavy atom. The molecule has 0 radical (unpaired) electrons. The molecule has 3 aromatic carbocycles. The average molecular weight is 449 g/mol. The summed E-state index contributed by atoms with van der Waals surface area (Å²) in [5.41, 5.74) is 1.08. The van der Waals surface area contributed by atoms with Crippen molar-refractivity contribution in [1.82, 2.24) is 4.31 Å². The molecule has 0 fully saturated rings. The smallest absolute Gasteiger partial charge is 0.243 e. The third-order valence-corrected chi connectivity index (χ3v) is 6.75. The summed E-state index contributed by atoms with van der Waals surface area (Å²) in [4.78, 5) is 12.8. The van der Waals surface area contributed by atoms with Crippen LogP contribution in [0, 0.1) is 0 Å². The van der Waals surface area contributed by atoms with Gasteiger partial charge in [0.2, 0.25) is 15.9 Å². The fourth-order valence-electron chi connectivity index (χ4n) is 2.70. The lowest BCUT2D eigenvalue weighted by atomic mass is 10.2. The normalized spacial score (nSPS) is 11.4. The molecule has 0 aliphatic heterocycles. The molecule has 0 aliphatic carbocycles. The topological polar surface area (TPSA) is 66.5 Å². The number of nitrogens with zero attached hydrogens (tertiary/aromatic N) is 1. The van der Waals surface area contributed by atoms with Gasteiger partial charge in [-0.2, -0.15) is 4.31 Å². The monoisotopic (exact) mass is 448 g/mol. The predicted molar refractivity (Wildman–Crippen MR) is 116 cm³/mol. The van der Waals surface area contributed by atoms with Gasteiger partial charge in [-0.15, -0.1) is 0 Å². The second-order valence-electron chi connectivity index (χ2n) is 6.22. The summed E-state index contributed by atoms with van der Waals surface area (Å²) in [6.07, 6.45) is 0. The van der Waals surface area contributed by atoms with Gasteiger partial charge < -0.3 is 5.32 Å². The van der Waals surface area contributed by atoms with Crippen molar-refractivity contribution in [2.75, 3.05) is 11.9 Å². The van der Waals surface area contributed by atoms with Gasteiger partial charge in [0.1, 0.15) is 0 Å². The second kappa shape index (κ2) is 9.41. The average Bonchev–Trinajstić information content (AvgIpc) is 2.72. The Labute approximate surface area is 179 Å². The van der Waals surface area contributed by atoms with Crippen LogP contribution in [0.5, 0.6) is 0 Å². The fraction of sp³-hybridized carbons (Fsp3) is 0.0952. The van der Waals surface area contributed by atoms with E-state index >= 15 is 0 Å². The Morgan fingerprint density at radius 1 is 0.862 bits per heavy atom. The van der Waals surface area contributed by atoms with Gasteiger partial charge in [0.15, 0.2) is 0 Å². The molecule has 0 bridgehead atoms. The quantitative estimate of drug-likeness (QED) is 0.562. The summed E-state index contributed by atoms with van der Waals surface area (Å²) >= 11 is 12.1. The van der Waals surface area contributed by atoms with E-state index < -0.39 is 15.9 Å². The Bertz CT molecular complexity index is 1090. The highest BCUT2D eigenvalue weighted by molar-refractivity contribution is 7.89. The van der Waals surface area contributed by atoms with Crippen LogP contribution in [0.3, 0.4) is 0 Å². The lowest BCUT2D eigenvalue weighted by Gasteiger charge is -2.22. The van der Waals surface area contributed by atoms with Crippen LogP contribution in [-0.2, 0) is 21.4 Å². The molecule has 0 heterocycles. The maximum Gasteiger partial charge on any atom is 0.243 e. The molecule has 0 saturated carbocycles. The molecule has 8 heteroatoms. The molecule has 0 spiro atoms. The van der Waals surface area contributed by atoms with Crippen molar-refractivity contribution in [3.05, 3.63) is 94.5 Å². The van der Waals surface area contributed by atoms with E-state index in [1.54, 1.807) is 48.5 Å². The van der Waals surface area contributed by atoms with Gasteiger partial charge in [-0.1, -0.05) is 77.8 Å². The maximum atomic E-state index is 13.1. The minimum atomic E-state index is -3.89. The van der Waals surface area contributed by atoms with Crippen molar-refractivity contribution in [3.8, 4) is 0 Å². The first kappa shape index (κ1) is 21.3. The highest BCUT2D eigenvalue weighted by Gasteiger charge is 2.27. The molecule has 5 nitrogen and oxygen atoms in total. The van der Waals surface area contributed by atoms with Crippen LogP contribution in [0.15, 0.2) is 83.8 Å². The predicted octanol–water partition coefficient (Wildman–Crippen LogP) is 4.82. The fourth-order valence-corrected chi connectivity index (χ4v) is 4.46. The standard InChI is InChI=1S/C21H18Cl2N2O3S/c22-18-12-7-13-19(21(18)23)24-20(26)15-25(14-16-8-3-1-4-9-16)29(27,28)17-10-5-2-6-11-17/h1-13H,14-15H2,(H,24,26). The number of benzene rings is 3. The highest BCUT2D eigenvalue weighted by Crippen LogP contribution is 2.29. The summed E-state index contributed by atoms with van der Waals surface area (Å²) in [6, 6.07) is 21.9. The molecule has 0 atom stereocenters. The first-order valence-corrected chi connectivity index (χ1v) is 10.9. The van der Waals surface area contributed by atoms with Gasteiger partial charge in [-0.3, -0.25) is 4.79 Å². The minimum absolute atomic E-state index is 0.0504. The summed E-state index contributed by atoms with van der Waals surface area (Å²) in [7, 11) is -3.89. The number of hydrogen-bond acceptors (Lipinski definition) is 3. The van der Waals surface area contributed by atoms with E-state index in [0.717, 1.165) is 9.87 Å². The van der Waals surface area contributed by atoms with Crippen LogP contribution >= 0.6 is 23.2 Å². The van der Waals surface area contributed by atoms with Gasteiger partial charge in [0.25, 0.3) is 0 Å². The zero-order valence-electron chi connectivity index (χ0n) is 15.3. The van der Waals surface area contributed by atoms with Crippen LogP contribution in [-0.4, -0.2) is 25.2 Å². The number of sulfonamides is 1. The molecule has 3 rings (SSSR count). The first-order chi connectivity index (χ1) is 13.9. The second-order valence-corrected chi connectivity index (χ2v) is 8.94. The maximum absolute atomic E-state index is 13.1. The molecule has 1 amide bonds. The van der Waals surface area contributed by atoms with Gasteiger partial charge >= 0.3 is 0 Å². The van der Waals surface area contributed by atoms with Crippen molar-refractivity contribution in [3.63, 3.8) is 0 Å². The van der Waals surface area contributed by atoms with Crippen molar-refractivity contribution in [2.45, 2.75) is 11.4 Å². The van der Waals surface area contributed by atoms with Crippen LogP contribution in [0.25, 0.3) is 0 Å². The van der Waals surface area contributed by atoms with Gasteiger partial charge in [0.05, 0.1) is 27.2 Å². The summed E-state index contributed by atoms with van der Waals surface area (Å²) in [5.74, 6) is -0.524.